The molecule has 0 saturated carbocycles. The zero-order chi connectivity index (χ0) is 18.4. The molecular formula is C19H21ClN4O. The highest BCUT2D eigenvalue weighted by Crippen LogP contribution is 2.47. The molecule has 25 heavy (non-hydrogen) atoms. The molecule has 3 rings (SSSR count). The van der Waals surface area contributed by atoms with Crippen LogP contribution in [0.4, 0.5) is 4.79 Å². The second-order valence-electron chi connectivity index (χ2n) is 7.36. The SMILES string of the molecule is CC(C)(C)C1c2c(C#N)c(-c3ccccc3)c(Cl)n2CCN1C(N)=O. The fraction of sp³-hybridized carbons (Fsp3) is 0.368. The van der Waals surface area contributed by atoms with Crippen molar-refractivity contribution in [2.75, 3.05) is 6.54 Å². The van der Waals surface area contributed by atoms with E-state index in [0.717, 1.165) is 16.8 Å². The number of nitrogens with two attached hydrogens (primary N) is 1. The number of fused-ring (bicyclic) bond motifs is 1. The summed E-state index contributed by atoms with van der Waals surface area (Å²) in [7, 11) is 0. The Morgan fingerprint density at radius 2 is 1.92 bits per heavy atom. The van der Waals surface area contributed by atoms with Gasteiger partial charge in [-0.1, -0.05) is 62.7 Å². The number of halogens is 1. The summed E-state index contributed by atoms with van der Waals surface area (Å²) in [4.78, 5) is 13.6. The molecule has 2 aromatic rings. The topological polar surface area (TPSA) is 75.1 Å². The molecule has 0 bridgehead atoms. The standard InChI is InChI=1S/C19H21ClN4O/c1-19(2,3)16-15-13(11-21)14(12-7-5-4-6-8-12)17(20)23(15)9-10-24(16)18(22)25/h4-8,16H,9-10H2,1-3H3,(H2,22,25). The van der Waals surface area contributed by atoms with Crippen LogP contribution in [-0.4, -0.2) is 22.0 Å². The Bertz CT molecular complexity index is 858. The third kappa shape index (κ3) is 2.77. The van der Waals surface area contributed by atoms with Crippen LogP contribution in [0.15, 0.2) is 30.3 Å². The Hall–Kier alpha value is -2.45. The summed E-state index contributed by atoms with van der Waals surface area (Å²) >= 11 is 6.68. The van der Waals surface area contributed by atoms with E-state index in [1.54, 1.807) is 4.90 Å². The van der Waals surface area contributed by atoms with Crippen LogP contribution in [0.2, 0.25) is 5.15 Å². The van der Waals surface area contributed by atoms with E-state index in [0.29, 0.717) is 23.8 Å². The van der Waals surface area contributed by atoms with Crippen LogP contribution < -0.4 is 5.73 Å². The van der Waals surface area contributed by atoms with Gasteiger partial charge in [-0.15, -0.1) is 0 Å². The first-order valence-electron chi connectivity index (χ1n) is 8.20. The number of hydrogen-bond donors (Lipinski definition) is 1. The van der Waals surface area contributed by atoms with E-state index < -0.39 is 6.03 Å². The molecule has 1 aromatic heterocycles. The summed E-state index contributed by atoms with van der Waals surface area (Å²) in [6.07, 6.45) is 0. The number of benzene rings is 1. The van der Waals surface area contributed by atoms with Crippen molar-refractivity contribution < 1.29 is 4.79 Å². The summed E-state index contributed by atoms with van der Waals surface area (Å²) < 4.78 is 1.96. The normalized spacial score (nSPS) is 17.1. The lowest BCUT2D eigenvalue weighted by atomic mass is 9.81. The second-order valence-corrected chi connectivity index (χ2v) is 7.71. The number of aromatic nitrogens is 1. The van der Waals surface area contributed by atoms with Crippen molar-refractivity contribution in [3.05, 3.63) is 46.7 Å². The van der Waals surface area contributed by atoms with Crippen molar-refractivity contribution in [3.63, 3.8) is 0 Å². The van der Waals surface area contributed by atoms with Gasteiger partial charge in [0.25, 0.3) is 0 Å². The van der Waals surface area contributed by atoms with Gasteiger partial charge < -0.3 is 15.2 Å². The van der Waals surface area contributed by atoms with Gasteiger partial charge in [-0.2, -0.15) is 5.26 Å². The largest absolute Gasteiger partial charge is 0.351 e. The smallest absolute Gasteiger partial charge is 0.315 e. The van der Waals surface area contributed by atoms with Gasteiger partial charge in [-0.3, -0.25) is 0 Å². The first-order chi connectivity index (χ1) is 11.8. The number of carbonyl (C=O) groups excluding carboxylic acids is 1. The van der Waals surface area contributed by atoms with Crippen molar-refractivity contribution in [3.8, 4) is 17.2 Å². The Balaban J connectivity index is 2.31. The molecule has 2 heterocycles. The number of amides is 2. The molecule has 1 aromatic carbocycles. The van der Waals surface area contributed by atoms with Crippen LogP contribution in [0.1, 0.15) is 38.1 Å². The minimum Gasteiger partial charge on any atom is -0.351 e. The number of hydrogen-bond acceptors (Lipinski definition) is 2. The van der Waals surface area contributed by atoms with Gasteiger partial charge in [0, 0.05) is 18.7 Å². The van der Waals surface area contributed by atoms with E-state index in [4.69, 9.17) is 17.3 Å². The maximum absolute atomic E-state index is 12.0. The maximum Gasteiger partial charge on any atom is 0.315 e. The van der Waals surface area contributed by atoms with E-state index in [1.165, 1.54) is 0 Å². The predicted molar refractivity (Wildman–Crippen MR) is 98.1 cm³/mol. The van der Waals surface area contributed by atoms with Crippen LogP contribution in [0.5, 0.6) is 0 Å². The third-order valence-electron chi connectivity index (χ3n) is 4.65. The van der Waals surface area contributed by atoms with E-state index in [9.17, 15) is 10.1 Å². The highest BCUT2D eigenvalue weighted by Gasteiger charge is 2.42. The highest BCUT2D eigenvalue weighted by molar-refractivity contribution is 6.33. The molecule has 0 aliphatic carbocycles. The number of rotatable bonds is 1. The molecule has 5 nitrogen and oxygen atoms in total. The van der Waals surface area contributed by atoms with Crippen LogP contribution in [0.25, 0.3) is 11.1 Å². The average molecular weight is 357 g/mol. The van der Waals surface area contributed by atoms with Gasteiger partial charge >= 0.3 is 6.03 Å². The molecule has 1 atom stereocenters. The number of nitriles is 1. The highest BCUT2D eigenvalue weighted by atomic mass is 35.5. The molecule has 2 amide bonds. The van der Waals surface area contributed by atoms with Gasteiger partial charge in [0.15, 0.2) is 0 Å². The van der Waals surface area contributed by atoms with Gasteiger partial charge in [0.05, 0.1) is 17.3 Å². The van der Waals surface area contributed by atoms with Crippen LogP contribution in [0.3, 0.4) is 0 Å². The van der Waals surface area contributed by atoms with E-state index in [-0.39, 0.29) is 11.5 Å². The third-order valence-corrected chi connectivity index (χ3v) is 5.05. The van der Waals surface area contributed by atoms with Crippen molar-refractivity contribution in [2.24, 2.45) is 11.1 Å². The maximum atomic E-state index is 12.0. The summed E-state index contributed by atoms with van der Waals surface area (Å²) in [5, 5.41) is 10.4. The lowest BCUT2D eigenvalue weighted by molar-refractivity contribution is 0.0979. The van der Waals surface area contributed by atoms with Crippen molar-refractivity contribution in [1.82, 2.24) is 9.47 Å². The predicted octanol–water partition coefficient (Wildman–Crippen LogP) is 4.16. The average Bonchev–Trinajstić information content (AvgIpc) is 2.86. The van der Waals surface area contributed by atoms with E-state index in [1.807, 2.05) is 55.7 Å². The number of primary amides is 1. The summed E-state index contributed by atoms with van der Waals surface area (Å²) in [5.74, 6) is 0. The van der Waals surface area contributed by atoms with Crippen LogP contribution in [-0.2, 0) is 6.54 Å². The van der Waals surface area contributed by atoms with Crippen molar-refractivity contribution in [2.45, 2.75) is 33.4 Å². The summed E-state index contributed by atoms with van der Waals surface area (Å²) in [5.41, 5.74) is 8.22. The fourth-order valence-electron chi connectivity index (χ4n) is 3.69. The summed E-state index contributed by atoms with van der Waals surface area (Å²) in [6, 6.07) is 11.2. The molecule has 2 N–H and O–H groups in total. The molecule has 130 valence electrons. The molecule has 1 aliphatic heterocycles. The second kappa shape index (κ2) is 6.12. The molecule has 1 unspecified atom stereocenters. The lowest BCUT2D eigenvalue weighted by Gasteiger charge is -2.43. The molecule has 0 spiro atoms. The fourth-order valence-corrected chi connectivity index (χ4v) is 4.07. The molecule has 0 radical (unpaired) electrons. The van der Waals surface area contributed by atoms with Gasteiger partial charge in [-0.05, 0) is 11.0 Å². The number of carbonyl (C=O) groups is 1. The van der Waals surface area contributed by atoms with E-state index >= 15 is 0 Å². The minimum absolute atomic E-state index is 0.297. The molecule has 0 saturated heterocycles. The summed E-state index contributed by atoms with van der Waals surface area (Å²) in [6.45, 7) is 7.09. The number of urea groups is 1. The number of nitrogens with zero attached hydrogens (tertiary/aromatic N) is 3. The zero-order valence-electron chi connectivity index (χ0n) is 14.6. The van der Waals surface area contributed by atoms with Crippen LogP contribution in [0, 0.1) is 16.7 Å². The van der Waals surface area contributed by atoms with Crippen molar-refractivity contribution in [1.29, 1.82) is 5.26 Å². The van der Waals surface area contributed by atoms with E-state index in [2.05, 4.69) is 6.07 Å². The first kappa shape index (κ1) is 17.4. The monoisotopic (exact) mass is 356 g/mol. The molecule has 6 heteroatoms. The Morgan fingerprint density at radius 1 is 1.28 bits per heavy atom. The Labute approximate surface area is 152 Å². The first-order valence-corrected chi connectivity index (χ1v) is 8.58. The molecule has 1 aliphatic rings. The van der Waals surface area contributed by atoms with Gasteiger partial charge in [-0.25, -0.2) is 4.79 Å². The zero-order valence-corrected chi connectivity index (χ0v) is 15.3. The van der Waals surface area contributed by atoms with Gasteiger partial charge in [0.1, 0.15) is 11.2 Å². The van der Waals surface area contributed by atoms with Gasteiger partial charge in [0.2, 0.25) is 0 Å². The molecule has 0 fully saturated rings. The molecular weight excluding hydrogens is 336 g/mol. The minimum atomic E-state index is -0.478. The lowest BCUT2D eigenvalue weighted by Crippen LogP contribution is -2.49. The van der Waals surface area contributed by atoms with Crippen LogP contribution >= 0.6 is 11.6 Å². The Morgan fingerprint density at radius 3 is 2.44 bits per heavy atom. The Kier molecular flexibility index (Phi) is 4.26. The van der Waals surface area contributed by atoms with Crippen molar-refractivity contribution >= 4 is 17.6 Å². The quantitative estimate of drug-likeness (QED) is 0.832.